The maximum atomic E-state index is 12.1. The van der Waals surface area contributed by atoms with Crippen molar-refractivity contribution < 1.29 is 19.4 Å². The first-order valence-electron chi connectivity index (χ1n) is 7.07. The molecular formula is C16H23NO4. The molecule has 1 rings (SSSR count). The van der Waals surface area contributed by atoms with Gasteiger partial charge in [0.25, 0.3) is 5.91 Å². The minimum absolute atomic E-state index is 0.300. The molecule has 0 aromatic heterocycles. The second-order valence-electron chi connectivity index (χ2n) is 5.62. The first-order chi connectivity index (χ1) is 9.81. The van der Waals surface area contributed by atoms with Crippen molar-refractivity contribution in [2.75, 3.05) is 6.61 Å². The van der Waals surface area contributed by atoms with Crippen LogP contribution in [0.3, 0.4) is 0 Å². The molecule has 116 valence electrons. The highest BCUT2D eigenvalue weighted by Crippen LogP contribution is 2.15. The number of nitrogens with one attached hydrogen (secondary N) is 1. The number of aliphatic carboxylic acids is 1. The lowest BCUT2D eigenvalue weighted by molar-refractivity contribution is -0.141. The summed E-state index contributed by atoms with van der Waals surface area (Å²) in [5.74, 6) is -0.842. The molecule has 5 heteroatoms. The van der Waals surface area contributed by atoms with Crippen LogP contribution in [0, 0.1) is 11.8 Å². The second-order valence-corrected chi connectivity index (χ2v) is 5.62. The van der Waals surface area contributed by atoms with Gasteiger partial charge >= 0.3 is 5.97 Å². The lowest BCUT2D eigenvalue weighted by Gasteiger charge is -2.18. The Morgan fingerprint density at radius 2 is 1.90 bits per heavy atom. The van der Waals surface area contributed by atoms with Gasteiger partial charge in [-0.1, -0.05) is 19.9 Å². The summed E-state index contributed by atoms with van der Waals surface area (Å²) in [5, 5.41) is 11.6. The number of benzene rings is 1. The fourth-order valence-electron chi connectivity index (χ4n) is 1.62. The van der Waals surface area contributed by atoms with Crippen LogP contribution in [0.25, 0.3) is 0 Å². The van der Waals surface area contributed by atoms with Gasteiger partial charge in [-0.3, -0.25) is 9.59 Å². The predicted octanol–water partition coefficient (Wildman–Crippen LogP) is 2.56. The molecule has 1 amide bonds. The van der Waals surface area contributed by atoms with E-state index in [0.717, 1.165) is 0 Å². The lowest BCUT2D eigenvalue weighted by Crippen LogP contribution is -2.40. The number of hydrogen-bond donors (Lipinski definition) is 2. The molecule has 1 aromatic rings. The second kappa shape index (κ2) is 7.67. The number of carboxylic acids is 1. The first kappa shape index (κ1) is 17.0. The number of carbonyl (C=O) groups is 2. The molecule has 0 aliphatic rings. The van der Waals surface area contributed by atoms with Gasteiger partial charge in [-0.15, -0.1) is 0 Å². The number of amides is 1. The van der Waals surface area contributed by atoms with Gasteiger partial charge in [0, 0.05) is 11.6 Å². The van der Waals surface area contributed by atoms with E-state index in [2.05, 4.69) is 5.32 Å². The molecule has 1 aromatic carbocycles. The summed E-state index contributed by atoms with van der Waals surface area (Å²) in [6.45, 7) is 7.92. The number of hydrogen-bond acceptors (Lipinski definition) is 3. The lowest BCUT2D eigenvalue weighted by atomic mass is 10.0. The van der Waals surface area contributed by atoms with E-state index in [1.807, 2.05) is 13.8 Å². The van der Waals surface area contributed by atoms with E-state index in [-0.39, 0.29) is 5.91 Å². The number of carboxylic acid groups (broad SMARTS) is 1. The molecular weight excluding hydrogens is 270 g/mol. The van der Waals surface area contributed by atoms with Gasteiger partial charge in [-0.05, 0) is 38.0 Å². The highest BCUT2D eigenvalue weighted by Gasteiger charge is 2.21. The average Bonchev–Trinajstić information content (AvgIpc) is 2.44. The normalized spacial score (nSPS) is 13.6. The van der Waals surface area contributed by atoms with Crippen molar-refractivity contribution in [3.63, 3.8) is 0 Å². The molecule has 0 bridgehead atoms. The molecule has 0 spiro atoms. The van der Waals surface area contributed by atoms with Crippen LogP contribution in [0.2, 0.25) is 0 Å². The van der Waals surface area contributed by atoms with Crippen molar-refractivity contribution in [3.8, 4) is 5.75 Å². The third-order valence-corrected chi connectivity index (χ3v) is 3.18. The minimum atomic E-state index is -0.934. The molecule has 0 radical (unpaired) electrons. The first-order valence-corrected chi connectivity index (χ1v) is 7.07. The molecule has 2 unspecified atom stereocenters. The Labute approximate surface area is 125 Å². The molecule has 21 heavy (non-hydrogen) atoms. The van der Waals surface area contributed by atoms with Crippen LogP contribution in [0.5, 0.6) is 5.75 Å². The summed E-state index contributed by atoms with van der Waals surface area (Å²) in [6.07, 6.45) is 0. The van der Waals surface area contributed by atoms with Crippen LogP contribution >= 0.6 is 0 Å². The molecule has 0 fully saturated rings. The van der Waals surface area contributed by atoms with E-state index in [4.69, 9.17) is 9.84 Å². The summed E-state index contributed by atoms with van der Waals surface area (Å²) >= 11 is 0. The van der Waals surface area contributed by atoms with Crippen LogP contribution in [0.4, 0.5) is 0 Å². The van der Waals surface area contributed by atoms with Crippen molar-refractivity contribution in [3.05, 3.63) is 29.8 Å². The fraction of sp³-hybridized carbons (Fsp3) is 0.500. The van der Waals surface area contributed by atoms with Gasteiger partial charge in [-0.2, -0.15) is 0 Å². The highest BCUT2D eigenvalue weighted by molar-refractivity contribution is 5.95. The number of rotatable bonds is 7. The van der Waals surface area contributed by atoms with Gasteiger partial charge in [0.05, 0.1) is 12.5 Å². The van der Waals surface area contributed by atoms with Crippen molar-refractivity contribution in [1.29, 1.82) is 0 Å². The van der Waals surface area contributed by atoms with Gasteiger partial charge < -0.3 is 15.2 Å². The Morgan fingerprint density at radius 3 is 2.48 bits per heavy atom. The third-order valence-electron chi connectivity index (χ3n) is 3.18. The Morgan fingerprint density at radius 1 is 1.24 bits per heavy atom. The van der Waals surface area contributed by atoms with Crippen molar-refractivity contribution in [1.82, 2.24) is 5.32 Å². The number of ether oxygens (including phenoxy) is 1. The van der Waals surface area contributed by atoms with E-state index in [0.29, 0.717) is 23.8 Å². The molecule has 2 N–H and O–H groups in total. The van der Waals surface area contributed by atoms with Crippen LogP contribution in [0.1, 0.15) is 38.1 Å². The fourth-order valence-corrected chi connectivity index (χ4v) is 1.62. The van der Waals surface area contributed by atoms with E-state index in [1.165, 1.54) is 0 Å². The summed E-state index contributed by atoms with van der Waals surface area (Å²) < 4.78 is 5.57. The maximum absolute atomic E-state index is 12.1. The third kappa shape index (κ3) is 5.45. The van der Waals surface area contributed by atoms with E-state index < -0.39 is 17.9 Å². The Kier molecular flexibility index (Phi) is 6.21. The Balaban J connectivity index is 2.70. The van der Waals surface area contributed by atoms with Crippen molar-refractivity contribution >= 4 is 11.9 Å². The molecule has 0 aliphatic carbocycles. The Hall–Kier alpha value is -2.04. The van der Waals surface area contributed by atoms with E-state index >= 15 is 0 Å². The van der Waals surface area contributed by atoms with Crippen LogP contribution in [-0.4, -0.2) is 29.6 Å². The topological polar surface area (TPSA) is 75.6 Å². The summed E-state index contributed by atoms with van der Waals surface area (Å²) in [7, 11) is 0. The van der Waals surface area contributed by atoms with E-state index in [9.17, 15) is 9.59 Å². The zero-order valence-electron chi connectivity index (χ0n) is 12.9. The van der Waals surface area contributed by atoms with Gasteiger partial charge in [0.2, 0.25) is 0 Å². The molecule has 0 heterocycles. The maximum Gasteiger partial charge on any atom is 0.308 e. The van der Waals surface area contributed by atoms with Crippen molar-refractivity contribution in [2.45, 2.75) is 33.7 Å². The zero-order chi connectivity index (χ0) is 16.0. The Bertz CT molecular complexity index is 499. The van der Waals surface area contributed by atoms with Gasteiger partial charge in [-0.25, -0.2) is 0 Å². The van der Waals surface area contributed by atoms with Gasteiger partial charge in [0.1, 0.15) is 5.75 Å². The van der Waals surface area contributed by atoms with Crippen LogP contribution in [0.15, 0.2) is 24.3 Å². The average molecular weight is 293 g/mol. The minimum Gasteiger partial charge on any atom is -0.493 e. The zero-order valence-corrected chi connectivity index (χ0v) is 12.9. The molecule has 0 aliphatic heterocycles. The van der Waals surface area contributed by atoms with E-state index in [1.54, 1.807) is 38.1 Å². The summed E-state index contributed by atoms with van der Waals surface area (Å²) in [6, 6.07) is 6.43. The highest BCUT2D eigenvalue weighted by atomic mass is 16.5. The monoisotopic (exact) mass is 293 g/mol. The quantitative estimate of drug-likeness (QED) is 0.810. The standard InChI is InChI=1S/C16H23NO4/c1-10(2)9-21-14-7-5-6-13(8-14)15(18)17-12(4)11(3)16(19)20/h5-8,10-12H,9H2,1-4H3,(H,17,18)(H,19,20). The largest absolute Gasteiger partial charge is 0.493 e. The predicted molar refractivity (Wildman–Crippen MR) is 80.5 cm³/mol. The SMILES string of the molecule is CC(C)COc1cccc(C(=O)NC(C)C(C)C(=O)O)c1. The van der Waals surface area contributed by atoms with Crippen LogP contribution < -0.4 is 10.1 Å². The number of carbonyl (C=O) groups excluding carboxylic acids is 1. The summed E-state index contributed by atoms with van der Waals surface area (Å²) in [5.41, 5.74) is 0.459. The van der Waals surface area contributed by atoms with Crippen molar-refractivity contribution in [2.24, 2.45) is 11.8 Å². The van der Waals surface area contributed by atoms with Crippen LogP contribution in [-0.2, 0) is 4.79 Å². The molecule has 0 saturated heterocycles. The molecule has 0 saturated carbocycles. The van der Waals surface area contributed by atoms with Gasteiger partial charge in [0.15, 0.2) is 0 Å². The molecule has 2 atom stereocenters. The molecule has 5 nitrogen and oxygen atoms in total. The smallest absolute Gasteiger partial charge is 0.308 e. The summed E-state index contributed by atoms with van der Waals surface area (Å²) in [4.78, 5) is 23.0.